The average Bonchev–Trinajstić information content (AvgIpc) is 3.17. The first-order valence-corrected chi connectivity index (χ1v) is 12.9. The summed E-state index contributed by atoms with van der Waals surface area (Å²) in [6, 6.07) is 9.98. The summed E-state index contributed by atoms with van der Waals surface area (Å²) in [4.78, 5) is 25.1. The summed E-state index contributed by atoms with van der Waals surface area (Å²) in [5.74, 6) is 1.23. The number of nitrogens with zero attached hydrogens (tertiary/aromatic N) is 2. The van der Waals surface area contributed by atoms with Gasteiger partial charge in [-0.05, 0) is 55.7 Å². The number of thiophene rings is 1. The fraction of sp³-hybridized carbons (Fsp3) is 0.538. The first kappa shape index (κ1) is 24.1. The molecule has 0 spiro atoms. The lowest BCUT2D eigenvalue weighted by atomic mass is 9.97. The number of hydrogen-bond donors (Lipinski definition) is 2. The van der Waals surface area contributed by atoms with Crippen molar-refractivity contribution in [2.45, 2.75) is 65.2 Å². The number of aliphatic hydroxyl groups excluding tert-OH is 1. The molecule has 1 atom stereocenters. The number of ether oxygens (including phenoxy) is 1. The molecule has 6 nitrogen and oxygen atoms in total. The Kier molecular flexibility index (Phi) is 8.30. The second-order valence-corrected chi connectivity index (χ2v) is 10.6. The van der Waals surface area contributed by atoms with Crippen LogP contribution in [0.4, 0.5) is 0 Å². The minimum Gasteiger partial charge on any atom is -0.389 e. The third-order valence-electron chi connectivity index (χ3n) is 6.16. The maximum atomic E-state index is 12.9. The molecule has 0 aliphatic heterocycles. The van der Waals surface area contributed by atoms with E-state index in [4.69, 9.17) is 9.72 Å². The third kappa shape index (κ3) is 6.51. The monoisotopic (exact) mass is 469 g/mol. The minimum absolute atomic E-state index is 0.0232. The average molecular weight is 470 g/mol. The van der Waals surface area contributed by atoms with Crippen LogP contribution in [0, 0.1) is 5.92 Å². The molecule has 1 aliphatic carbocycles. The van der Waals surface area contributed by atoms with E-state index >= 15 is 0 Å². The van der Waals surface area contributed by atoms with Crippen molar-refractivity contribution in [2.24, 2.45) is 5.92 Å². The maximum Gasteiger partial charge on any atom is 0.259 e. The van der Waals surface area contributed by atoms with Crippen molar-refractivity contribution in [1.29, 1.82) is 0 Å². The summed E-state index contributed by atoms with van der Waals surface area (Å²) in [7, 11) is 0. The van der Waals surface area contributed by atoms with Gasteiger partial charge in [-0.3, -0.25) is 9.69 Å². The van der Waals surface area contributed by atoms with E-state index in [-0.39, 0.29) is 12.2 Å². The van der Waals surface area contributed by atoms with Gasteiger partial charge in [-0.2, -0.15) is 0 Å². The maximum absolute atomic E-state index is 12.9. The van der Waals surface area contributed by atoms with Gasteiger partial charge in [0.1, 0.15) is 10.7 Å². The van der Waals surface area contributed by atoms with Gasteiger partial charge in [-0.15, -0.1) is 11.3 Å². The van der Waals surface area contributed by atoms with Gasteiger partial charge in [0.2, 0.25) is 0 Å². The van der Waals surface area contributed by atoms with E-state index in [2.05, 4.69) is 23.7 Å². The zero-order valence-corrected chi connectivity index (χ0v) is 20.5. The standard InChI is InChI=1S/C26H35N3O3S/c1-18(2)12-13-29(14-20(30)17-32-16-19-8-4-3-5-9-19)15-23-27-25(31)24-21-10-6-7-11-22(21)33-26(24)28-23/h3-5,8-9,18,20,30H,6-7,10-17H2,1-2H3,(H,27,28,31). The fourth-order valence-electron chi connectivity index (χ4n) is 4.41. The van der Waals surface area contributed by atoms with Gasteiger partial charge in [0.15, 0.2) is 0 Å². The predicted molar refractivity (Wildman–Crippen MR) is 134 cm³/mol. The lowest BCUT2D eigenvalue weighted by Crippen LogP contribution is -2.36. The summed E-state index contributed by atoms with van der Waals surface area (Å²) in [5, 5.41) is 11.4. The highest BCUT2D eigenvalue weighted by atomic mass is 32.1. The Hall–Kier alpha value is -2.06. The summed E-state index contributed by atoms with van der Waals surface area (Å²) < 4.78 is 5.73. The lowest BCUT2D eigenvalue weighted by molar-refractivity contribution is 0.00751. The van der Waals surface area contributed by atoms with Gasteiger partial charge in [0, 0.05) is 11.4 Å². The largest absolute Gasteiger partial charge is 0.389 e. The van der Waals surface area contributed by atoms with Crippen LogP contribution < -0.4 is 5.56 Å². The number of aryl methyl sites for hydroxylation is 2. The number of fused-ring (bicyclic) bond motifs is 3. The molecule has 178 valence electrons. The van der Waals surface area contributed by atoms with Gasteiger partial charge in [0.05, 0.1) is 31.2 Å². The molecular formula is C26H35N3O3S. The zero-order valence-electron chi connectivity index (χ0n) is 19.7. The van der Waals surface area contributed by atoms with E-state index in [0.29, 0.717) is 31.4 Å². The smallest absolute Gasteiger partial charge is 0.259 e. The Balaban J connectivity index is 1.42. The molecular weight excluding hydrogens is 434 g/mol. The van der Waals surface area contributed by atoms with Crippen LogP contribution >= 0.6 is 11.3 Å². The lowest BCUT2D eigenvalue weighted by Gasteiger charge is -2.25. The van der Waals surface area contributed by atoms with Crippen LogP contribution in [0.1, 0.15) is 54.9 Å². The van der Waals surface area contributed by atoms with Crippen molar-refractivity contribution in [3.05, 3.63) is 62.5 Å². The van der Waals surface area contributed by atoms with Crippen molar-refractivity contribution in [3.8, 4) is 0 Å². The number of benzene rings is 1. The van der Waals surface area contributed by atoms with E-state index in [1.807, 2.05) is 30.3 Å². The van der Waals surface area contributed by atoms with Crippen molar-refractivity contribution < 1.29 is 9.84 Å². The molecule has 1 unspecified atom stereocenters. The molecule has 2 aromatic heterocycles. The van der Waals surface area contributed by atoms with Gasteiger partial charge in [-0.1, -0.05) is 44.2 Å². The summed E-state index contributed by atoms with van der Waals surface area (Å²) >= 11 is 1.68. The molecule has 7 heteroatoms. The Labute approximate surface area is 199 Å². The highest BCUT2D eigenvalue weighted by molar-refractivity contribution is 7.18. The van der Waals surface area contributed by atoms with Crippen molar-refractivity contribution in [2.75, 3.05) is 19.7 Å². The molecule has 4 rings (SSSR count). The van der Waals surface area contributed by atoms with Gasteiger partial charge in [-0.25, -0.2) is 4.98 Å². The van der Waals surface area contributed by atoms with E-state index in [1.165, 1.54) is 16.9 Å². The highest BCUT2D eigenvalue weighted by Crippen LogP contribution is 2.33. The quantitative estimate of drug-likeness (QED) is 0.438. The van der Waals surface area contributed by atoms with Crippen LogP contribution in [0.15, 0.2) is 35.1 Å². The molecule has 1 aromatic carbocycles. The van der Waals surface area contributed by atoms with E-state index in [9.17, 15) is 9.90 Å². The Bertz CT molecular complexity index is 1090. The molecule has 0 bridgehead atoms. The van der Waals surface area contributed by atoms with Crippen LogP contribution in [-0.4, -0.2) is 45.8 Å². The highest BCUT2D eigenvalue weighted by Gasteiger charge is 2.21. The van der Waals surface area contributed by atoms with Crippen molar-refractivity contribution in [3.63, 3.8) is 0 Å². The molecule has 33 heavy (non-hydrogen) atoms. The van der Waals surface area contributed by atoms with Gasteiger partial charge < -0.3 is 14.8 Å². The Morgan fingerprint density at radius 2 is 2.00 bits per heavy atom. The second kappa shape index (κ2) is 11.4. The molecule has 0 saturated heterocycles. The number of aromatic nitrogens is 2. The number of H-pyrrole nitrogens is 1. The predicted octanol–water partition coefficient (Wildman–Crippen LogP) is 4.29. The van der Waals surface area contributed by atoms with Gasteiger partial charge >= 0.3 is 0 Å². The molecule has 0 saturated carbocycles. The fourth-order valence-corrected chi connectivity index (χ4v) is 5.69. The minimum atomic E-state index is -0.606. The summed E-state index contributed by atoms with van der Waals surface area (Å²) in [6.07, 6.45) is 4.78. The molecule has 2 N–H and O–H groups in total. The number of hydrogen-bond acceptors (Lipinski definition) is 6. The first-order chi connectivity index (χ1) is 16.0. The molecule has 0 radical (unpaired) electrons. The number of rotatable bonds is 11. The topological polar surface area (TPSA) is 78.5 Å². The summed E-state index contributed by atoms with van der Waals surface area (Å²) in [6.45, 7) is 6.96. The van der Waals surface area contributed by atoms with E-state index < -0.39 is 6.10 Å². The number of aliphatic hydroxyl groups is 1. The van der Waals surface area contributed by atoms with Crippen LogP contribution in [0.3, 0.4) is 0 Å². The first-order valence-electron chi connectivity index (χ1n) is 12.0. The zero-order chi connectivity index (χ0) is 23.2. The van der Waals surface area contributed by atoms with E-state index in [1.54, 1.807) is 11.3 Å². The molecule has 1 aliphatic rings. The molecule has 0 fully saturated rings. The third-order valence-corrected chi connectivity index (χ3v) is 7.35. The Morgan fingerprint density at radius 1 is 1.21 bits per heavy atom. The van der Waals surface area contributed by atoms with Crippen molar-refractivity contribution in [1.82, 2.24) is 14.9 Å². The molecule has 0 amide bonds. The summed E-state index contributed by atoms with van der Waals surface area (Å²) in [5.41, 5.74) is 2.28. The Morgan fingerprint density at radius 3 is 2.79 bits per heavy atom. The van der Waals surface area contributed by atoms with Crippen LogP contribution in [0.5, 0.6) is 0 Å². The normalized spacial score (nSPS) is 14.8. The van der Waals surface area contributed by atoms with E-state index in [0.717, 1.165) is 48.0 Å². The SMILES string of the molecule is CC(C)CCN(Cc1nc2sc3c(c2c(=O)[nH]1)CCCC3)CC(O)COCc1ccccc1. The molecule has 2 heterocycles. The number of aromatic amines is 1. The van der Waals surface area contributed by atoms with Crippen molar-refractivity contribution >= 4 is 21.6 Å². The van der Waals surface area contributed by atoms with Gasteiger partial charge in [0.25, 0.3) is 5.56 Å². The van der Waals surface area contributed by atoms with Crippen LogP contribution in [0.25, 0.3) is 10.2 Å². The van der Waals surface area contributed by atoms with Crippen LogP contribution in [-0.2, 0) is 30.7 Å². The second-order valence-electron chi connectivity index (χ2n) is 9.48. The number of nitrogens with one attached hydrogen (secondary N) is 1. The molecule has 3 aromatic rings. The van der Waals surface area contributed by atoms with Crippen LogP contribution in [0.2, 0.25) is 0 Å².